The lowest BCUT2D eigenvalue weighted by molar-refractivity contribution is -0.120. The number of hydrogen-bond acceptors (Lipinski definition) is 4. The van der Waals surface area contributed by atoms with E-state index in [1.165, 1.54) is 0 Å². The van der Waals surface area contributed by atoms with E-state index in [1.807, 2.05) is 44.2 Å². The van der Waals surface area contributed by atoms with Gasteiger partial charge >= 0.3 is 0 Å². The largest absolute Gasteiger partial charge is 0.493 e. The van der Waals surface area contributed by atoms with Crippen LogP contribution in [-0.4, -0.2) is 25.3 Å². The molecule has 7 heteroatoms. The van der Waals surface area contributed by atoms with Gasteiger partial charge in [0.1, 0.15) is 0 Å². The van der Waals surface area contributed by atoms with E-state index in [0.29, 0.717) is 11.5 Å². The maximum absolute atomic E-state index is 12.0. The lowest BCUT2D eigenvalue weighted by Crippen LogP contribution is -2.19. The average molecular weight is 484 g/mol. The fourth-order valence-electron chi connectivity index (χ4n) is 2.17. The minimum atomic E-state index is -0.186. The molecule has 0 atom stereocenters. The van der Waals surface area contributed by atoms with E-state index in [9.17, 15) is 4.79 Å². The lowest BCUT2D eigenvalue weighted by atomic mass is 10.1. The second kappa shape index (κ2) is 9.73. The fourth-order valence-corrected chi connectivity index (χ4v) is 2.99. The summed E-state index contributed by atoms with van der Waals surface area (Å²) in [5.74, 6) is 1.05. The summed E-state index contributed by atoms with van der Waals surface area (Å²) in [5.41, 5.74) is 4.22. The van der Waals surface area contributed by atoms with Crippen LogP contribution in [0.2, 0.25) is 0 Å². The van der Waals surface area contributed by atoms with Crippen LogP contribution >= 0.6 is 31.9 Å². The molecule has 0 heterocycles. The molecule has 0 saturated carbocycles. The highest BCUT2D eigenvalue weighted by Gasteiger charge is 2.12. The Kier molecular flexibility index (Phi) is 7.66. The molecule has 2 rings (SSSR count). The van der Waals surface area contributed by atoms with Crippen molar-refractivity contribution in [2.45, 2.75) is 26.4 Å². The Labute approximate surface area is 170 Å². The topological polar surface area (TPSA) is 59.9 Å². The van der Waals surface area contributed by atoms with Gasteiger partial charge in [-0.1, -0.05) is 28.1 Å². The molecule has 0 fully saturated rings. The van der Waals surface area contributed by atoms with Crippen molar-refractivity contribution in [2.75, 3.05) is 7.11 Å². The number of nitrogens with zero attached hydrogens (tertiary/aromatic N) is 1. The second-order valence-corrected chi connectivity index (χ2v) is 7.57. The first kappa shape index (κ1) is 20.5. The Morgan fingerprint density at radius 1 is 1.23 bits per heavy atom. The van der Waals surface area contributed by atoms with Gasteiger partial charge in [0.15, 0.2) is 11.5 Å². The molecule has 0 radical (unpaired) electrons. The van der Waals surface area contributed by atoms with Crippen molar-refractivity contribution in [3.05, 3.63) is 56.5 Å². The van der Waals surface area contributed by atoms with E-state index in [1.54, 1.807) is 19.4 Å². The second-order valence-electron chi connectivity index (χ2n) is 5.80. The van der Waals surface area contributed by atoms with Gasteiger partial charge in [-0.15, -0.1) is 0 Å². The first-order chi connectivity index (χ1) is 12.4. The van der Waals surface area contributed by atoms with Gasteiger partial charge in [0.25, 0.3) is 0 Å². The number of carbonyl (C=O) groups excluding carboxylic acids is 1. The fraction of sp³-hybridized carbons (Fsp3) is 0.263. The van der Waals surface area contributed by atoms with E-state index < -0.39 is 0 Å². The first-order valence-electron chi connectivity index (χ1n) is 7.99. The summed E-state index contributed by atoms with van der Waals surface area (Å²) in [4.78, 5) is 12.0. The smallest absolute Gasteiger partial charge is 0.244 e. The van der Waals surface area contributed by atoms with Gasteiger partial charge in [0.05, 0.1) is 30.3 Å². The maximum Gasteiger partial charge on any atom is 0.244 e. The van der Waals surface area contributed by atoms with Gasteiger partial charge in [-0.2, -0.15) is 5.10 Å². The molecule has 0 spiro atoms. The number of ether oxygens (including phenoxy) is 2. The highest BCUT2D eigenvalue weighted by atomic mass is 79.9. The minimum absolute atomic E-state index is 0.0256. The highest BCUT2D eigenvalue weighted by molar-refractivity contribution is 9.10. The highest BCUT2D eigenvalue weighted by Crippen LogP contribution is 2.36. The molecule has 0 bridgehead atoms. The third-order valence-corrected chi connectivity index (χ3v) is 4.40. The minimum Gasteiger partial charge on any atom is -0.493 e. The Bertz CT molecular complexity index is 790. The van der Waals surface area contributed by atoms with Crippen LogP contribution in [0, 0.1) is 0 Å². The SMILES string of the molecule is COc1cc(/C=N/NC(=O)Cc2ccc(Br)cc2)cc(Br)c1OC(C)C. The number of amides is 1. The molecule has 0 saturated heterocycles. The van der Waals surface area contributed by atoms with Crippen molar-refractivity contribution in [2.24, 2.45) is 5.10 Å². The number of hydrogen-bond donors (Lipinski definition) is 1. The molecule has 0 unspecified atom stereocenters. The lowest BCUT2D eigenvalue weighted by Gasteiger charge is -2.15. The molecule has 2 aromatic carbocycles. The van der Waals surface area contributed by atoms with Crippen LogP contribution in [0.15, 0.2) is 50.4 Å². The van der Waals surface area contributed by atoms with Crippen LogP contribution in [0.5, 0.6) is 11.5 Å². The van der Waals surface area contributed by atoms with E-state index >= 15 is 0 Å². The van der Waals surface area contributed by atoms with Crippen molar-refractivity contribution in [3.8, 4) is 11.5 Å². The number of hydrazone groups is 1. The van der Waals surface area contributed by atoms with Crippen molar-refractivity contribution in [1.29, 1.82) is 0 Å². The number of carbonyl (C=O) groups is 1. The Morgan fingerprint density at radius 2 is 1.92 bits per heavy atom. The summed E-state index contributed by atoms with van der Waals surface area (Å²) in [5, 5.41) is 4.01. The van der Waals surface area contributed by atoms with Crippen molar-refractivity contribution in [3.63, 3.8) is 0 Å². The summed E-state index contributed by atoms with van der Waals surface area (Å²) in [6, 6.07) is 11.2. The number of benzene rings is 2. The molecule has 2 aromatic rings. The summed E-state index contributed by atoms with van der Waals surface area (Å²) in [6.45, 7) is 3.89. The maximum atomic E-state index is 12.0. The van der Waals surface area contributed by atoms with Crippen molar-refractivity contribution in [1.82, 2.24) is 5.43 Å². The number of halogens is 2. The predicted octanol–water partition coefficient (Wildman–Crippen LogP) is 4.70. The van der Waals surface area contributed by atoms with Crippen LogP contribution in [0.4, 0.5) is 0 Å². The molecule has 1 N–H and O–H groups in total. The molecule has 26 heavy (non-hydrogen) atoms. The first-order valence-corrected chi connectivity index (χ1v) is 9.58. The van der Waals surface area contributed by atoms with Crippen molar-refractivity contribution >= 4 is 44.0 Å². The third kappa shape index (κ3) is 6.14. The van der Waals surface area contributed by atoms with Gasteiger partial charge in [-0.05, 0) is 65.2 Å². The summed E-state index contributed by atoms with van der Waals surface area (Å²) < 4.78 is 12.9. The van der Waals surface area contributed by atoms with Gasteiger partial charge in [0.2, 0.25) is 5.91 Å². The quantitative estimate of drug-likeness (QED) is 0.458. The zero-order valence-corrected chi connectivity index (χ0v) is 17.9. The van der Waals surface area contributed by atoms with Crippen LogP contribution in [0.3, 0.4) is 0 Å². The third-order valence-electron chi connectivity index (χ3n) is 3.29. The molecular weight excluding hydrogens is 464 g/mol. The number of nitrogens with one attached hydrogen (secondary N) is 1. The summed E-state index contributed by atoms with van der Waals surface area (Å²) in [6.07, 6.45) is 1.85. The number of rotatable bonds is 7. The Balaban J connectivity index is 2.02. The summed E-state index contributed by atoms with van der Waals surface area (Å²) >= 11 is 6.85. The molecule has 0 aliphatic heterocycles. The zero-order chi connectivity index (χ0) is 19.1. The monoisotopic (exact) mass is 482 g/mol. The molecule has 0 aliphatic rings. The standard InChI is InChI=1S/C19H20Br2N2O3/c1-12(2)26-19-16(21)8-14(9-17(19)25-3)11-22-23-18(24)10-13-4-6-15(20)7-5-13/h4-9,11-12H,10H2,1-3H3,(H,23,24)/b22-11+. The Hall–Kier alpha value is -1.86. The van der Waals surface area contributed by atoms with Crippen LogP contribution in [0.1, 0.15) is 25.0 Å². The molecule has 1 amide bonds. The van der Waals surface area contributed by atoms with Crippen molar-refractivity contribution < 1.29 is 14.3 Å². The van der Waals surface area contributed by atoms with Crippen LogP contribution in [0.25, 0.3) is 0 Å². The van der Waals surface area contributed by atoms with Crippen LogP contribution in [-0.2, 0) is 11.2 Å². The van der Waals surface area contributed by atoms with Gasteiger partial charge < -0.3 is 9.47 Å². The van der Waals surface area contributed by atoms with E-state index in [-0.39, 0.29) is 18.4 Å². The average Bonchev–Trinajstić information content (AvgIpc) is 2.58. The number of methoxy groups -OCH3 is 1. The molecule has 0 aliphatic carbocycles. The van der Waals surface area contributed by atoms with E-state index in [0.717, 1.165) is 20.1 Å². The predicted molar refractivity (Wildman–Crippen MR) is 110 cm³/mol. The van der Waals surface area contributed by atoms with Gasteiger partial charge in [-0.3, -0.25) is 4.79 Å². The van der Waals surface area contributed by atoms with Crippen LogP contribution < -0.4 is 14.9 Å². The molecular formula is C19H20Br2N2O3. The van der Waals surface area contributed by atoms with E-state index in [4.69, 9.17) is 9.47 Å². The summed E-state index contributed by atoms with van der Waals surface area (Å²) in [7, 11) is 1.58. The van der Waals surface area contributed by atoms with E-state index in [2.05, 4.69) is 42.4 Å². The van der Waals surface area contributed by atoms with Gasteiger partial charge in [0, 0.05) is 4.47 Å². The van der Waals surface area contributed by atoms with Gasteiger partial charge in [-0.25, -0.2) is 5.43 Å². The zero-order valence-electron chi connectivity index (χ0n) is 14.8. The molecule has 0 aromatic heterocycles. The molecule has 138 valence electrons. The normalized spacial score (nSPS) is 11.0. The molecule has 5 nitrogen and oxygen atoms in total. The Morgan fingerprint density at radius 3 is 2.54 bits per heavy atom.